The van der Waals surface area contributed by atoms with Crippen LogP contribution in [0.4, 0.5) is 5.69 Å². The Hall–Kier alpha value is -0.185. The minimum atomic E-state index is -1.43. The quantitative estimate of drug-likeness (QED) is 0.431. The van der Waals surface area contributed by atoms with Gasteiger partial charge in [0.05, 0.1) is 0 Å². The van der Waals surface area contributed by atoms with Crippen molar-refractivity contribution in [3.63, 3.8) is 0 Å². The van der Waals surface area contributed by atoms with E-state index in [2.05, 4.69) is 46.0 Å². The van der Waals surface area contributed by atoms with Crippen LogP contribution >= 0.6 is 24.2 Å². The Bertz CT molecular complexity index is 567. The maximum atomic E-state index is 6.15. The van der Waals surface area contributed by atoms with Gasteiger partial charge in [0.2, 0.25) is 0 Å². The van der Waals surface area contributed by atoms with Gasteiger partial charge in [-0.1, -0.05) is 0 Å². The van der Waals surface area contributed by atoms with Crippen LogP contribution in [0.25, 0.3) is 0 Å². The molecule has 0 N–H and O–H groups in total. The number of benzene rings is 2. The van der Waals surface area contributed by atoms with Crippen LogP contribution < -0.4 is 3.07 Å². The molecular weight excluding hydrogens is 498 g/mol. The second-order valence-corrected chi connectivity index (χ2v) is 11.3. The molecule has 88 valence electrons. The summed E-state index contributed by atoms with van der Waals surface area (Å²) in [5.41, 5.74) is 3.38. The van der Waals surface area contributed by atoms with E-state index in [0.29, 0.717) is 0 Å². The van der Waals surface area contributed by atoms with E-state index in [0.717, 1.165) is 15.7 Å². The Morgan fingerprint density at radius 2 is 1.89 bits per heavy atom. The van der Waals surface area contributed by atoms with Gasteiger partial charge >= 0.3 is 132 Å². The Balaban J connectivity index is 2.25. The molecule has 0 bridgehead atoms. The number of rotatable bonds is 3. The molecule has 0 aliphatic rings. The van der Waals surface area contributed by atoms with Gasteiger partial charge in [0.15, 0.2) is 0 Å². The van der Waals surface area contributed by atoms with Gasteiger partial charge in [-0.05, 0) is 0 Å². The molecule has 1 nitrogen and oxygen atoms in total. The van der Waals surface area contributed by atoms with Crippen molar-refractivity contribution in [2.75, 3.05) is 0 Å². The molecule has 0 radical (unpaired) electrons. The first-order valence-corrected chi connectivity index (χ1v) is 15.9. The van der Waals surface area contributed by atoms with Gasteiger partial charge in [-0.15, -0.1) is 0 Å². The van der Waals surface area contributed by atoms with Crippen LogP contribution in [-0.2, 0) is 23.3 Å². The van der Waals surface area contributed by atoms with Gasteiger partial charge in [-0.25, -0.2) is 0 Å². The van der Waals surface area contributed by atoms with Crippen LogP contribution in [0.3, 0.4) is 0 Å². The van der Waals surface area contributed by atoms with Gasteiger partial charge in [-0.3, -0.25) is 0 Å². The third kappa shape index (κ3) is 3.90. The molecule has 0 aliphatic heterocycles. The number of hydrogen-bond donors (Lipinski definition) is 0. The fourth-order valence-electron chi connectivity index (χ4n) is 1.64. The summed E-state index contributed by atoms with van der Waals surface area (Å²) in [5, 5.41) is 0. The standard InChI is InChI=1S/C14H11BrN.ClH.Hg/c1-11-2-8-14(9-3-11)16-10-12-4-6-13(15)7-5-12;;/h2-8,10H,1H3;1H;/q;;+1/p-1. The van der Waals surface area contributed by atoms with E-state index in [-0.39, 0.29) is 0 Å². The van der Waals surface area contributed by atoms with Crippen molar-refractivity contribution >= 4 is 39.2 Å². The number of aliphatic imine (C=N–C) groups is 1. The second kappa shape index (κ2) is 6.83. The monoisotopic (exact) mass is 509 g/mol. The summed E-state index contributed by atoms with van der Waals surface area (Å²) in [6.07, 6.45) is 1.89. The normalized spacial score (nSPS) is 10.6. The van der Waals surface area contributed by atoms with Crippen LogP contribution in [0, 0.1) is 6.92 Å². The summed E-state index contributed by atoms with van der Waals surface area (Å²) < 4.78 is 2.36. The van der Waals surface area contributed by atoms with Gasteiger partial charge < -0.3 is 0 Å². The van der Waals surface area contributed by atoms with Gasteiger partial charge in [-0.2, -0.15) is 0 Å². The van der Waals surface area contributed by atoms with Crippen molar-refractivity contribution < 1.29 is 23.3 Å². The van der Waals surface area contributed by atoms with E-state index in [1.54, 1.807) is 0 Å². The fraction of sp³-hybridized carbons (Fsp3) is 0.0714. The van der Waals surface area contributed by atoms with E-state index >= 15 is 0 Å². The molecule has 2 aromatic carbocycles. The van der Waals surface area contributed by atoms with Crippen LogP contribution in [0.2, 0.25) is 0 Å². The van der Waals surface area contributed by atoms with Gasteiger partial charge in [0.1, 0.15) is 0 Å². The number of halogens is 2. The molecule has 0 amide bonds. The third-order valence-electron chi connectivity index (χ3n) is 2.60. The molecule has 2 rings (SSSR count). The number of hydrogen-bond acceptors (Lipinski definition) is 1. The zero-order chi connectivity index (χ0) is 13.0. The van der Waals surface area contributed by atoms with Crippen molar-refractivity contribution in [2.45, 2.75) is 6.92 Å². The van der Waals surface area contributed by atoms with Crippen molar-refractivity contribution in [3.05, 3.63) is 58.1 Å². The summed E-state index contributed by atoms with van der Waals surface area (Å²) in [6.45, 7) is 2.09. The Morgan fingerprint density at radius 3 is 2.56 bits per heavy atom. The zero-order valence-electron chi connectivity index (χ0n) is 10.0. The van der Waals surface area contributed by atoms with E-state index in [4.69, 9.17) is 8.25 Å². The van der Waals surface area contributed by atoms with Crippen LogP contribution in [0.15, 0.2) is 51.9 Å². The minimum absolute atomic E-state index is 1.03. The van der Waals surface area contributed by atoms with Gasteiger partial charge in [0.25, 0.3) is 0 Å². The topological polar surface area (TPSA) is 12.4 Å². The summed E-state index contributed by atoms with van der Waals surface area (Å²) >= 11 is 1.99. The molecule has 0 fully saturated rings. The molecule has 0 saturated heterocycles. The average molecular weight is 509 g/mol. The molecule has 0 unspecified atom stereocenters. The number of nitrogens with zero attached hydrogens (tertiary/aromatic N) is 1. The van der Waals surface area contributed by atoms with Crippen molar-refractivity contribution in [3.8, 4) is 0 Å². The molecule has 2 aromatic rings. The van der Waals surface area contributed by atoms with Crippen LogP contribution in [0.5, 0.6) is 0 Å². The summed E-state index contributed by atoms with van der Waals surface area (Å²) in [7, 11) is 6.15. The molecule has 18 heavy (non-hydrogen) atoms. The molecule has 0 atom stereocenters. The number of aryl methyl sites for hydroxylation is 1. The summed E-state index contributed by atoms with van der Waals surface area (Å²) in [5.74, 6) is 0. The molecule has 4 heteroatoms. The Labute approximate surface area is 131 Å². The summed E-state index contributed by atoms with van der Waals surface area (Å²) in [4.78, 5) is 4.55. The van der Waals surface area contributed by atoms with Crippen molar-refractivity contribution in [2.24, 2.45) is 4.99 Å². The Morgan fingerprint density at radius 1 is 1.17 bits per heavy atom. The predicted molar refractivity (Wildman–Crippen MR) is 78.1 cm³/mol. The SMILES string of the molecule is Cc1ccc(N=Cc2ccc(Br)cc2)[c]([Hg][Cl])c1. The average Bonchev–Trinajstić information content (AvgIpc) is 2.39. The van der Waals surface area contributed by atoms with Crippen LogP contribution in [0.1, 0.15) is 11.1 Å². The molecule has 0 aromatic heterocycles. The van der Waals surface area contributed by atoms with E-state index in [9.17, 15) is 0 Å². The summed E-state index contributed by atoms with van der Waals surface area (Å²) in [6, 6.07) is 14.4. The Kier molecular flexibility index (Phi) is 5.40. The molecular formula is C14H11BrClHgN. The second-order valence-electron chi connectivity index (χ2n) is 4.08. The van der Waals surface area contributed by atoms with Crippen molar-refractivity contribution in [1.82, 2.24) is 0 Å². The third-order valence-corrected chi connectivity index (χ3v) is 8.98. The van der Waals surface area contributed by atoms with E-state index < -0.39 is 23.3 Å². The fourth-order valence-corrected chi connectivity index (χ4v) is 6.68. The van der Waals surface area contributed by atoms with E-state index in [1.807, 2.05) is 30.5 Å². The van der Waals surface area contributed by atoms with Crippen LogP contribution in [-0.4, -0.2) is 6.21 Å². The van der Waals surface area contributed by atoms with Gasteiger partial charge in [0, 0.05) is 0 Å². The molecule has 0 saturated carbocycles. The van der Waals surface area contributed by atoms with E-state index in [1.165, 1.54) is 8.64 Å². The molecule has 0 heterocycles. The first-order valence-electron chi connectivity index (χ1n) is 5.64. The molecule has 0 spiro atoms. The zero-order valence-corrected chi connectivity index (χ0v) is 17.9. The predicted octanol–water partition coefficient (Wildman–Crippen LogP) is 4.37. The first-order chi connectivity index (χ1) is 8.69. The maximum absolute atomic E-state index is 6.15. The van der Waals surface area contributed by atoms with Crippen molar-refractivity contribution in [1.29, 1.82) is 0 Å². The molecule has 0 aliphatic carbocycles. The first kappa shape index (κ1) is 14.2.